The van der Waals surface area contributed by atoms with Crippen molar-refractivity contribution in [1.82, 2.24) is 0 Å². The van der Waals surface area contributed by atoms with Crippen LogP contribution in [0.3, 0.4) is 0 Å². The monoisotopic (exact) mass is 322 g/mol. The van der Waals surface area contributed by atoms with Crippen LogP contribution in [0.4, 0.5) is 0 Å². The van der Waals surface area contributed by atoms with Gasteiger partial charge < -0.3 is 9.52 Å². The third kappa shape index (κ3) is 2.23. The highest BCUT2D eigenvalue weighted by molar-refractivity contribution is 9.10. The van der Waals surface area contributed by atoms with E-state index in [1.54, 1.807) is 11.3 Å². The summed E-state index contributed by atoms with van der Waals surface area (Å²) < 4.78 is 6.63. The minimum absolute atomic E-state index is 0.592. The van der Waals surface area contributed by atoms with Crippen molar-refractivity contribution in [1.29, 1.82) is 0 Å². The Balaban J connectivity index is 1.92. The van der Waals surface area contributed by atoms with Gasteiger partial charge in [0, 0.05) is 16.7 Å². The molecule has 0 radical (unpaired) electrons. The first-order chi connectivity index (χ1) is 8.74. The van der Waals surface area contributed by atoms with Gasteiger partial charge in [-0.15, -0.1) is 11.3 Å². The topological polar surface area (TPSA) is 33.4 Å². The van der Waals surface area contributed by atoms with Gasteiger partial charge in [0.2, 0.25) is 0 Å². The molecule has 18 heavy (non-hydrogen) atoms. The summed E-state index contributed by atoms with van der Waals surface area (Å²) in [5, 5.41) is 13.2. The largest absolute Gasteiger partial charge is 0.457 e. The molecule has 4 heteroatoms. The molecular formula is C14H11BrO2S. The van der Waals surface area contributed by atoms with E-state index in [0.717, 1.165) is 20.3 Å². The summed E-state index contributed by atoms with van der Waals surface area (Å²) >= 11 is 5.09. The van der Waals surface area contributed by atoms with Crippen molar-refractivity contribution in [2.45, 2.75) is 12.5 Å². The van der Waals surface area contributed by atoms with E-state index < -0.39 is 6.10 Å². The van der Waals surface area contributed by atoms with Crippen LogP contribution in [-0.2, 0) is 6.42 Å². The van der Waals surface area contributed by atoms with Crippen LogP contribution in [0.25, 0.3) is 11.0 Å². The zero-order valence-corrected chi connectivity index (χ0v) is 11.9. The number of halogens is 1. The Bertz CT molecular complexity index is 658. The summed E-state index contributed by atoms with van der Waals surface area (Å²) in [4.78, 5) is 1.15. The van der Waals surface area contributed by atoms with Crippen molar-refractivity contribution in [3.05, 3.63) is 56.9 Å². The summed E-state index contributed by atoms with van der Waals surface area (Å²) in [5.41, 5.74) is 0.790. The summed E-state index contributed by atoms with van der Waals surface area (Å²) in [6.07, 6.45) is -0.00212. The zero-order valence-electron chi connectivity index (χ0n) is 9.47. The number of para-hydroxylation sites is 1. The lowest BCUT2D eigenvalue weighted by Crippen LogP contribution is -1.98. The first kappa shape index (κ1) is 12.0. The van der Waals surface area contributed by atoms with Crippen LogP contribution in [0.5, 0.6) is 0 Å². The van der Waals surface area contributed by atoms with Crippen LogP contribution < -0.4 is 0 Å². The second-order valence-corrected chi connectivity index (χ2v) is 5.99. The molecule has 3 aromatic rings. The number of aliphatic hydroxyl groups is 1. The molecule has 2 aromatic heterocycles. The summed E-state index contributed by atoms with van der Waals surface area (Å²) in [5.74, 6) is 0.616. The maximum Gasteiger partial charge on any atom is 0.148 e. The van der Waals surface area contributed by atoms with E-state index in [-0.39, 0.29) is 0 Å². The molecule has 0 bridgehead atoms. The SMILES string of the molecule is OC(Cc1cccs1)c1cc2cccc(Br)c2o1. The second-order valence-electron chi connectivity index (χ2n) is 4.11. The molecular weight excluding hydrogens is 312 g/mol. The van der Waals surface area contributed by atoms with Gasteiger partial charge in [0.25, 0.3) is 0 Å². The van der Waals surface area contributed by atoms with E-state index in [1.165, 1.54) is 0 Å². The zero-order chi connectivity index (χ0) is 12.5. The molecule has 0 saturated heterocycles. The van der Waals surface area contributed by atoms with Gasteiger partial charge in [0.1, 0.15) is 17.4 Å². The van der Waals surface area contributed by atoms with E-state index >= 15 is 0 Å². The Morgan fingerprint density at radius 1 is 1.28 bits per heavy atom. The van der Waals surface area contributed by atoms with Gasteiger partial charge in [-0.2, -0.15) is 0 Å². The van der Waals surface area contributed by atoms with Crippen molar-refractivity contribution in [3.8, 4) is 0 Å². The van der Waals surface area contributed by atoms with E-state index in [0.29, 0.717) is 12.2 Å². The van der Waals surface area contributed by atoms with Gasteiger partial charge in [0.05, 0.1) is 4.47 Å². The van der Waals surface area contributed by atoms with Gasteiger partial charge in [-0.05, 0) is 39.5 Å². The second kappa shape index (κ2) is 4.88. The molecule has 2 heterocycles. The van der Waals surface area contributed by atoms with Gasteiger partial charge in [0.15, 0.2) is 0 Å². The lowest BCUT2D eigenvalue weighted by molar-refractivity contribution is 0.153. The minimum Gasteiger partial charge on any atom is -0.457 e. The smallest absolute Gasteiger partial charge is 0.148 e. The number of benzene rings is 1. The first-order valence-electron chi connectivity index (χ1n) is 5.62. The highest BCUT2D eigenvalue weighted by Crippen LogP contribution is 2.31. The molecule has 92 valence electrons. The molecule has 2 nitrogen and oxygen atoms in total. The Morgan fingerprint density at radius 2 is 2.17 bits per heavy atom. The average molecular weight is 323 g/mol. The lowest BCUT2D eigenvalue weighted by atomic mass is 10.1. The molecule has 1 atom stereocenters. The van der Waals surface area contributed by atoms with Gasteiger partial charge in [-0.3, -0.25) is 0 Å². The number of aliphatic hydroxyl groups excluding tert-OH is 1. The van der Waals surface area contributed by atoms with Crippen LogP contribution in [0.1, 0.15) is 16.7 Å². The molecule has 1 aromatic carbocycles. The molecule has 0 amide bonds. The fraction of sp³-hybridized carbons (Fsp3) is 0.143. The fourth-order valence-electron chi connectivity index (χ4n) is 1.93. The number of thiophene rings is 1. The van der Waals surface area contributed by atoms with E-state index in [2.05, 4.69) is 15.9 Å². The number of fused-ring (bicyclic) bond motifs is 1. The van der Waals surface area contributed by atoms with Crippen LogP contribution in [0, 0.1) is 0 Å². The fourth-order valence-corrected chi connectivity index (χ4v) is 3.14. The minimum atomic E-state index is -0.594. The summed E-state index contributed by atoms with van der Waals surface area (Å²) in [7, 11) is 0. The highest BCUT2D eigenvalue weighted by Gasteiger charge is 2.15. The normalized spacial score (nSPS) is 13.0. The average Bonchev–Trinajstić information content (AvgIpc) is 2.97. The Kier molecular flexibility index (Phi) is 3.24. The molecule has 1 unspecified atom stereocenters. The highest BCUT2D eigenvalue weighted by atomic mass is 79.9. The number of furan rings is 1. The van der Waals surface area contributed by atoms with Crippen molar-refractivity contribution in [2.24, 2.45) is 0 Å². The van der Waals surface area contributed by atoms with Gasteiger partial charge >= 0.3 is 0 Å². The van der Waals surface area contributed by atoms with E-state index in [4.69, 9.17) is 4.42 Å². The summed E-state index contributed by atoms with van der Waals surface area (Å²) in [6.45, 7) is 0. The van der Waals surface area contributed by atoms with Crippen molar-refractivity contribution < 1.29 is 9.52 Å². The molecule has 1 N–H and O–H groups in total. The third-order valence-corrected chi connectivity index (χ3v) is 4.34. The van der Waals surface area contributed by atoms with Crippen LogP contribution in [0.15, 0.2) is 50.7 Å². The maximum atomic E-state index is 10.2. The third-order valence-electron chi connectivity index (χ3n) is 2.82. The van der Waals surface area contributed by atoms with Crippen molar-refractivity contribution >= 4 is 38.2 Å². The predicted octanol–water partition coefficient (Wildman–Crippen LogP) is 4.53. The quantitative estimate of drug-likeness (QED) is 0.768. The van der Waals surface area contributed by atoms with Crippen molar-refractivity contribution in [2.75, 3.05) is 0 Å². The Hall–Kier alpha value is -1.10. The predicted molar refractivity (Wildman–Crippen MR) is 76.9 cm³/mol. The number of hydrogen-bond acceptors (Lipinski definition) is 3. The van der Waals surface area contributed by atoms with Crippen LogP contribution >= 0.6 is 27.3 Å². The van der Waals surface area contributed by atoms with Gasteiger partial charge in [-0.25, -0.2) is 0 Å². The molecule has 0 aliphatic carbocycles. The van der Waals surface area contributed by atoms with Crippen LogP contribution in [-0.4, -0.2) is 5.11 Å². The molecule has 0 aliphatic rings. The lowest BCUT2D eigenvalue weighted by Gasteiger charge is -2.04. The van der Waals surface area contributed by atoms with Crippen LogP contribution in [0.2, 0.25) is 0 Å². The molecule has 0 saturated carbocycles. The van der Waals surface area contributed by atoms with E-state index in [9.17, 15) is 5.11 Å². The number of rotatable bonds is 3. The maximum absolute atomic E-state index is 10.2. The molecule has 0 fully saturated rings. The Morgan fingerprint density at radius 3 is 2.89 bits per heavy atom. The van der Waals surface area contributed by atoms with Gasteiger partial charge in [-0.1, -0.05) is 18.2 Å². The van der Waals surface area contributed by atoms with E-state index in [1.807, 2.05) is 41.8 Å². The molecule has 0 spiro atoms. The number of hydrogen-bond donors (Lipinski definition) is 1. The Labute approximate surface area is 117 Å². The molecule has 3 rings (SSSR count). The van der Waals surface area contributed by atoms with Crippen molar-refractivity contribution in [3.63, 3.8) is 0 Å². The summed E-state index contributed by atoms with van der Waals surface area (Å²) in [6, 6.07) is 11.8. The molecule has 0 aliphatic heterocycles. The standard InChI is InChI=1S/C14H11BrO2S/c15-11-5-1-3-9-7-13(17-14(9)11)12(16)8-10-4-2-6-18-10/h1-7,12,16H,8H2. The first-order valence-corrected chi connectivity index (χ1v) is 7.30.